The molecule has 1 aliphatic heterocycles. The van der Waals surface area contributed by atoms with Crippen molar-refractivity contribution in [1.29, 1.82) is 0 Å². The number of aromatic carboxylic acids is 1. The van der Waals surface area contributed by atoms with Gasteiger partial charge in [-0.25, -0.2) is 4.79 Å². The van der Waals surface area contributed by atoms with Crippen molar-refractivity contribution in [2.45, 2.75) is 23.8 Å². The minimum absolute atomic E-state index is 0.0283. The first-order valence-corrected chi connectivity index (χ1v) is 9.09. The minimum atomic E-state index is -1.20. The Balaban J connectivity index is 1.58. The van der Waals surface area contributed by atoms with Crippen molar-refractivity contribution in [2.24, 2.45) is 0 Å². The molecule has 7 heteroatoms. The highest BCUT2D eigenvalue weighted by Crippen LogP contribution is 2.26. The second kappa shape index (κ2) is 8.22. The molecule has 1 aromatic carbocycles. The number of carbonyl (C=O) groups excluding carboxylic acids is 1. The van der Waals surface area contributed by atoms with Crippen LogP contribution < -0.4 is 5.32 Å². The predicted molar refractivity (Wildman–Crippen MR) is 95.2 cm³/mol. The molecular weight excluding hydrogens is 342 g/mol. The van der Waals surface area contributed by atoms with Crippen LogP contribution in [0.2, 0.25) is 0 Å². The molecule has 6 nitrogen and oxygen atoms in total. The van der Waals surface area contributed by atoms with Crippen molar-refractivity contribution in [3.63, 3.8) is 0 Å². The van der Waals surface area contributed by atoms with Gasteiger partial charge >= 0.3 is 5.97 Å². The van der Waals surface area contributed by atoms with Gasteiger partial charge in [-0.3, -0.25) is 4.79 Å². The molecule has 1 saturated heterocycles. The summed E-state index contributed by atoms with van der Waals surface area (Å²) in [7, 11) is 0. The number of amides is 1. The number of benzene rings is 1. The Hall–Kier alpha value is -2.25. The monoisotopic (exact) mass is 361 g/mol. The normalized spacial score (nSPS) is 15.0. The number of hydrogen-bond donors (Lipinski definition) is 2. The van der Waals surface area contributed by atoms with Crippen molar-refractivity contribution in [3.8, 4) is 0 Å². The molecule has 0 radical (unpaired) electrons. The maximum absolute atomic E-state index is 12.1. The summed E-state index contributed by atoms with van der Waals surface area (Å²) in [5.41, 5.74) is 1.78. The van der Waals surface area contributed by atoms with Crippen molar-refractivity contribution >= 4 is 29.3 Å². The van der Waals surface area contributed by atoms with Crippen molar-refractivity contribution in [1.82, 2.24) is 0 Å². The lowest BCUT2D eigenvalue weighted by atomic mass is 10.2. The second-order valence-corrected chi connectivity index (χ2v) is 7.03. The van der Waals surface area contributed by atoms with Crippen LogP contribution in [0.5, 0.6) is 0 Å². The van der Waals surface area contributed by atoms with E-state index in [1.54, 1.807) is 6.07 Å². The molecule has 1 aliphatic rings. The molecule has 0 saturated carbocycles. The van der Waals surface area contributed by atoms with E-state index in [-0.39, 0.29) is 11.5 Å². The molecule has 1 amide bonds. The van der Waals surface area contributed by atoms with Crippen LogP contribution in [-0.2, 0) is 10.5 Å². The molecule has 25 heavy (non-hydrogen) atoms. The van der Waals surface area contributed by atoms with Gasteiger partial charge in [0.25, 0.3) is 5.91 Å². The van der Waals surface area contributed by atoms with E-state index in [1.165, 1.54) is 12.1 Å². The lowest BCUT2D eigenvalue weighted by Gasteiger charge is -2.21. The standard InChI is InChI=1S/C18H19NO5S/c20-17(15-4-5-16(24-15)18(21)22)19-13-3-1-2-12(10-13)11-25-14-6-8-23-9-7-14/h1-5,10,14H,6-9,11H2,(H,19,20)(H,21,22). The molecule has 2 aromatic rings. The van der Waals surface area contributed by atoms with Crippen LogP contribution in [0, 0.1) is 0 Å². The number of carbonyl (C=O) groups is 2. The van der Waals surface area contributed by atoms with Gasteiger partial charge in [0.2, 0.25) is 5.76 Å². The molecule has 0 aliphatic carbocycles. The first kappa shape index (κ1) is 17.6. The predicted octanol–water partition coefficient (Wildman–Crippen LogP) is 3.64. The van der Waals surface area contributed by atoms with E-state index in [4.69, 9.17) is 14.3 Å². The zero-order valence-electron chi connectivity index (χ0n) is 13.6. The molecule has 2 heterocycles. The number of furan rings is 1. The van der Waals surface area contributed by atoms with Crippen LogP contribution in [0.4, 0.5) is 5.69 Å². The largest absolute Gasteiger partial charge is 0.475 e. The third kappa shape index (κ3) is 4.87. The van der Waals surface area contributed by atoms with Crippen LogP contribution >= 0.6 is 11.8 Å². The molecule has 3 rings (SSSR count). The third-order valence-corrected chi connectivity index (χ3v) is 5.32. The fraction of sp³-hybridized carbons (Fsp3) is 0.333. The number of carboxylic acids is 1. The van der Waals surface area contributed by atoms with Crippen LogP contribution in [0.1, 0.15) is 39.5 Å². The van der Waals surface area contributed by atoms with E-state index in [9.17, 15) is 9.59 Å². The molecule has 1 aromatic heterocycles. The van der Waals surface area contributed by atoms with Crippen molar-refractivity contribution < 1.29 is 23.8 Å². The summed E-state index contributed by atoms with van der Waals surface area (Å²) in [4.78, 5) is 23.0. The number of anilines is 1. The summed E-state index contributed by atoms with van der Waals surface area (Å²) < 4.78 is 10.4. The van der Waals surface area contributed by atoms with Crippen LogP contribution in [0.3, 0.4) is 0 Å². The van der Waals surface area contributed by atoms with Crippen LogP contribution in [0.25, 0.3) is 0 Å². The first-order valence-electron chi connectivity index (χ1n) is 8.04. The van der Waals surface area contributed by atoms with E-state index in [1.807, 2.05) is 30.0 Å². The molecule has 0 atom stereocenters. The summed E-state index contributed by atoms with van der Waals surface area (Å²) in [6.45, 7) is 1.66. The van der Waals surface area contributed by atoms with Gasteiger partial charge in [0.05, 0.1) is 0 Å². The maximum atomic E-state index is 12.1. The smallest absolute Gasteiger partial charge is 0.371 e. The van der Waals surface area contributed by atoms with E-state index >= 15 is 0 Å². The van der Waals surface area contributed by atoms with Crippen LogP contribution in [0.15, 0.2) is 40.8 Å². The number of thioether (sulfide) groups is 1. The topological polar surface area (TPSA) is 88.8 Å². The van der Waals surface area contributed by atoms with Gasteiger partial charge in [-0.1, -0.05) is 12.1 Å². The maximum Gasteiger partial charge on any atom is 0.371 e. The number of carboxylic acid groups (broad SMARTS) is 1. The fourth-order valence-electron chi connectivity index (χ4n) is 2.56. The highest BCUT2D eigenvalue weighted by Gasteiger charge is 2.16. The Labute approximate surface area is 149 Å². The first-order chi connectivity index (χ1) is 12.1. The Morgan fingerprint density at radius 2 is 1.92 bits per heavy atom. The van der Waals surface area contributed by atoms with Crippen LogP contribution in [-0.4, -0.2) is 35.4 Å². The quantitative estimate of drug-likeness (QED) is 0.816. The number of nitrogens with one attached hydrogen (secondary N) is 1. The highest BCUT2D eigenvalue weighted by molar-refractivity contribution is 7.99. The minimum Gasteiger partial charge on any atom is -0.475 e. The Kier molecular flexibility index (Phi) is 5.78. The molecular formula is C18H19NO5S. The Morgan fingerprint density at radius 3 is 2.64 bits per heavy atom. The number of ether oxygens (including phenoxy) is 1. The lowest BCUT2D eigenvalue weighted by molar-refractivity contribution is 0.0660. The summed E-state index contributed by atoms with van der Waals surface area (Å²) >= 11 is 1.90. The molecule has 0 unspecified atom stereocenters. The molecule has 132 valence electrons. The summed E-state index contributed by atoms with van der Waals surface area (Å²) in [5.74, 6) is -1.09. The zero-order chi connectivity index (χ0) is 17.6. The molecule has 2 N–H and O–H groups in total. The van der Waals surface area contributed by atoms with E-state index in [0.717, 1.165) is 37.4 Å². The van der Waals surface area contributed by atoms with E-state index in [0.29, 0.717) is 10.9 Å². The Bertz CT molecular complexity index is 751. The zero-order valence-corrected chi connectivity index (χ0v) is 14.4. The van der Waals surface area contributed by atoms with E-state index in [2.05, 4.69) is 5.32 Å². The SMILES string of the molecule is O=C(O)c1ccc(C(=O)Nc2cccc(CSC3CCOCC3)c2)o1. The highest BCUT2D eigenvalue weighted by atomic mass is 32.2. The van der Waals surface area contributed by atoms with Gasteiger partial charge in [0, 0.05) is 29.9 Å². The third-order valence-electron chi connectivity index (χ3n) is 3.88. The van der Waals surface area contributed by atoms with Gasteiger partial charge in [0.1, 0.15) is 0 Å². The van der Waals surface area contributed by atoms with Crippen molar-refractivity contribution in [2.75, 3.05) is 18.5 Å². The van der Waals surface area contributed by atoms with Gasteiger partial charge in [0.15, 0.2) is 5.76 Å². The molecule has 1 fully saturated rings. The van der Waals surface area contributed by atoms with Crippen molar-refractivity contribution in [3.05, 3.63) is 53.5 Å². The summed E-state index contributed by atoms with van der Waals surface area (Å²) in [5, 5.41) is 12.2. The fourth-order valence-corrected chi connectivity index (χ4v) is 3.70. The molecule has 0 spiro atoms. The lowest BCUT2D eigenvalue weighted by Crippen LogP contribution is -2.17. The summed E-state index contributed by atoms with van der Waals surface area (Å²) in [6.07, 6.45) is 2.15. The van der Waals surface area contributed by atoms with Gasteiger partial charge in [-0.2, -0.15) is 11.8 Å². The Morgan fingerprint density at radius 1 is 1.16 bits per heavy atom. The molecule has 0 bridgehead atoms. The van der Waals surface area contributed by atoms with Gasteiger partial charge < -0.3 is 19.6 Å². The second-order valence-electron chi connectivity index (χ2n) is 5.75. The average molecular weight is 361 g/mol. The summed E-state index contributed by atoms with van der Waals surface area (Å²) in [6, 6.07) is 10.2. The number of rotatable bonds is 6. The van der Waals surface area contributed by atoms with Gasteiger partial charge in [-0.05, 0) is 42.7 Å². The van der Waals surface area contributed by atoms with Gasteiger partial charge in [-0.15, -0.1) is 0 Å². The van der Waals surface area contributed by atoms with E-state index < -0.39 is 11.9 Å². The average Bonchev–Trinajstić information content (AvgIpc) is 3.12. The number of hydrogen-bond acceptors (Lipinski definition) is 5.